The van der Waals surface area contributed by atoms with Gasteiger partial charge in [0.1, 0.15) is 0 Å². The smallest absolute Gasteiger partial charge is 0.0125 e. The Bertz CT molecular complexity index is 1690. The Kier molecular flexibility index (Phi) is 21.7. The molecule has 0 unspecified atom stereocenters. The molecule has 10 rings (SSSR count). The molecule has 0 aromatic rings. The first-order valence-corrected chi connectivity index (χ1v) is 32.5. The van der Waals surface area contributed by atoms with Crippen LogP contribution in [0.4, 0.5) is 0 Å². The van der Waals surface area contributed by atoms with Crippen LogP contribution in [0.2, 0.25) is 0 Å². The summed E-state index contributed by atoms with van der Waals surface area (Å²) in [5.74, 6) is 0. The van der Waals surface area contributed by atoms with E-state index in [4.69, 9.17) is 0 Å². The van der Waals surface area contributed by atoms with Crippen molar-refractivity contribution in [2.24, 2.45) is 27.1 Å². The monoisotopic (exact) mass is 1080 g/mol. The molecule has 0 atom stereocenters. The number of nitrogens with zero attached hydrogens (tertiary/aromatic N) is 10. The molecule has 6 heterocycles. The van der Waals surface area contributed by atoms with Crippen LogP contribution in [0.3, 0.4) is 0 Å². The van der Waals surface area contributed by atoms with Crippen molar-refractivity contribution in [2.45, 2.75) is 265 Å². The highest BCUT2D eigenvalue weighted by Gasteiger charge is 2.55. The summed E-state index contributed by atoms with van der Waals surface area (Å²) in [6.45, 7) is 48.6. The molecule has 10 nitrogen and oxygen atoms in total. The van der Waals surface area contributed by atoms with Gasteiger partial charge in [-0.15, -0.1) is 0 Å². The van der Waals surface area contributed by atoms with Gasteiger partial charge in [0.2, 0.25) is 0 Å². The quantitative estimate of drug-likeness (QED) is 0.266. The first-order chi connectivity index (χ1) is 35.4. The molecule has 0 bridgehead atoms. The number of hydrogen-bond acceptors (Lipinski definition) is 10. The van der Waals surface area contributed by atoms with Crippen LogP contribution in [-0.2, 0) is 0 Å². The SMILES string of the molecule is CC(C)N1CCC2(CCC(N(C)C)CC2)CC1.CN(C)C1CC2(C1)CN(C(C)(C)C)C2.CN(C)C1CC2(CCN(C(C)(C)C)CC2)C1.CN(C)C1CCC2(CC1)CN(C(C)(C)C)C2.CN1CC2(CCN(C(C)(C)C)CC2)C1. The number of rotatable bonds is 5. The second-order valence-electron chi connectivity index (χ2n) is 34.1. The Labute approximate surface area is 480 Å². The minimum Gasteiger partial charge on any atom is -0.306 e. The maximum atomic E-state index is 2.66. The zero-order valence-corrected chi connectivity index (χ0v) is 56.1. The lowest BCUT2D eigenvalue weighted by Gasteiger charge is -2.63. The largest absolute Gasteiger partial charge is 0.306 e. The maximum absolute atomic E-state index is 2.66. The summed E-state index contributed by atoms with van der Waals surface area (Å²) in [6, 6.07) is 4.15. The van der Waals surface area contributed by atoms with Gasteiger partial charge in [-0.1, -0.05) is 0 Å². The summed E-state index contributed by atoms with van der Waals surface area (Å²) in [5.41, 5.74) is 5.05. The molecule has 0 amide bonds. The van der Waals surface area contributed by atoms with Gasteiger partial charge in [-0.3, -0.25) is 19.6 Å². The maximum Gasteiger partial charge on any atom is 0.0125 e. The van der Waals surface area contributed by atoms with Crippen molar-refractivity contribution in [3.63, 3.8) is 0 Å². The molecule has 5 spiro atoms. The Morgan fingerprint density at radius 3 is 0.896 bits per heavy atom. The normalized spacial score (nSPS) is 29.8. The third-order valence-corrected chi connectivity index (χ3v) is 23.0. The Hall–Kier alpha value is -0.400. The summed E-state index contributed by atoms with van der Waals surface area (Å²) in [5, 5.41) is 0. The Balaban J connectivity index is 0.000000156. The van der Waals surface area contributed by atoms with E-state index in [0.717, 1.165) is 41.0 Å². The van der Waals surface area contributed by atoms with Gasteiger partial charge >= 0.3 is 0 Å². The minimum atomic E-state index is 0.367. The summed E-state index contributed by atoms with van der Waals surface area (Å²) in [6.07, 6.45) is 25.8. The van der Waals surface area contributed by atoms with Crippen molar-refractivity contribution in [3.05, 3.63) is 0 Å². The molecule has 4 aliphatic carbocycles. The van der Waals surface area contributed by atoms with Gasteiger partial charge in [0.05, 0.1) is 0 Å². The topological polar surface area (TPSA) is 32.4 Å². The Morgan fingerprint density at radius 2 is 0.597 bits per heavy atom. The zero-order valence-electron chi connectivity index (χ0n) is 56.1. The van der Waals surface area contributed by atoms with Crippen molar-refractivity contribution in [2.75, 3.05) is 142 Å². The summed E-state index contributed by atoms with van der Waals surface area (Å²) < 4.78 is 0. The lowest BCUT2D eigenvalue weighted by atomic mass is 9.59. The fourth-order valence-electron chi connectivity index (χ4n) is 16.3. The molecule has 0 radical (unpaired) electrons. The number of hydrogen-bond donors (Lipinski definition) is 0. The molecule has 10 heteroatoms. The molecule has 452 valence electrons. The molecule has 4 saturated carbocycles. The predicted molar refractivity (Wildman–Crippen MR) is 335 cm³/mol. The average Bonchev–Trinajstić information content (AvgIpc) is 3.26. The van der Waals surface area contributed by atoms with E-state index in [0.29, 0.717) is 38.4 Å². The number of piperidine rings is 3. The fraction of sp³-hybridized carbons (Fsp3) is 1.00. The molecule has 6 aliphatic heterocycles. The van der Waals surface area contributed by atoms with Gasteiger partial charge in [-0.05, 0) is 342 Å². The molecule has 0 N–H and O–H groups in total. The van der Waals surface area contributed by atoms with Gasteiger partial charge in [-0.2, -0.15) is 0 Å². The van der Waals surface area contributed by atoms with E-state index < -0.39 is 0 Å². The summed E-state index contributed by atoms with van der Waals surface area (Å²) in [7, 11) is 20.0. The lowest BCUT2D eigenvalue weighted by Crippen LogP contribution is -2.69. The minimum absolute atomic E-state index is 0.367. The van der Waals surface area contributed by atoms with Gasteiger partial charge < -0.3 is 29.4 Å². The van der Waals surface area contributed by atoms with Gasteiger partial charge in [0, 0.05) is 91.6 Å². The highest BCUT2D eigenvalue weighted by atomic mass is 15.3. The first-order valence-electron chi connectivity index (χ1n) is 32.5. The Morgan fingerprint density at radius 1 is 0.325 bits per heavy atom. The van der Waals surface area contributed by atoms with Crippen LogP contribution in [0.5, 0.6) is 0 Å². The van der Waals surface area contributed by atoms with Crippen molar-refractivity contribution in [1.29, 1.82) is 0 Å². The van der Waals surface area contributed by atoms with Crippen LogP contribution in [0.1, 0.15) is 213 Å². The highest BCUT2D eigenvalue weighted by Crippen LogP contribution is 2.53. The molecular weight excluding hydrogens is 945 g/mol. The van der Waals surface area contributed by atoms with Crippen LogP contribution in [0, 0.1) is 27.1 Å². The van der Waals surface area contributed by atoms with E-state index in [9.17, 15) is 0 Å². The molecule has 0 aromatic carbocycles. The van der Waals surface area contributed by atoms with E-state index in [2.05, 4.69) is 209 Å². The van der Waals surface area contributed by atoms with E-state index in [1.54, 1.807) is 0 Å². The van der Waals surface area contributed by atoms with E-state index in [-0.39, 0.29) is 0 Å². The van der Waals surface area contributed by atoms with Crippen molar-refractivity contribution in [1.82, 2.24) is 49.0 Å². The van der Waals surface area contributed by atoms with Gasteiger partial charge in [-0.25, -0.2) is 0 Å². The molecule has 10 aliphatic rings. The summed E-state index contributed by atoms with van der Waals surface area (Å²) >= 11 is 0. The molecule has 77 heavy (non-hydrogen) atoms. The van der Waals surface area contributed by atoms with E-state index >= 15 is 0 Å². The van der Waals surface area contributed by atoms with Gasteiger partial charge in [0.25, 0.3) is 0 Å². The third-order valence-electron chi connectivity index (χ3n) is 23.0. The van der Waals surface area contributed by atoms with Crippen molar-refractivity contribution in [3.8, 4) is 0 Å². The van der Waals surface area contributed by atoms with Crippen molar-refractivity contribution < 1.29 is 0 Å². The van der Waals surface area contributed by atoms with Crippen LogP contribution in [0.15, 0.2) is 0 Å². The predicted octanol–water partition coefficient (Wildman–Crippen LogP) is 11.8. The summed E-state index contributed by atoms with van der Waals surface area (Å²) in [4.78, 5) is 25.3. The first kappa shape index (κ1) is 65.7. The zero-order chi connectivity index (χ0) is 57.4. The fourth-order valence-corrected chi connectivity index (χ4v) is 16.3. The van der Waals surface area contributed by atoms with E-state index in [1.807, 2.05) is 0 Å². The molecule has 6 saturated heterocycles. The molecule has 10 fully saturated rings. The molecule has 0 aromatic heterocycles. The average molecular weight is 1080 g/mol. The number of likely N-dealkylation sites (tertiary alicyclic amines) is 6. The second kappa shape index (κ2) is 25.4. The van der Waals surface area contributed by atoms with Crippen LogP contribution in [0.25, 0.3) is 0 Å². The van der Waals surface area contributed by atoms with E-state index in [1.165, 1.54) is 194 Å². The van der Waals surface area contributed by atoms with Crippen LogP contribution >= 0.6 is 0 Å². The highest BCUT2D eigenvalue weighted by molar-refractivity contribution is 5.09. The van der Waals surface area contributed by atoms with Crippen molar-refractivity contribution >= 4 is 0 Å². The second-order valence-corrected chi connectivity index (χ2v) is 34.1. The van der Waals surface area contributed by atoms with Crippen LogP contribution in [-0.4, -0.2) is 243 Å². The van der Waals surface area contributed by atoms with Gasteiger partial charge in [0.15, 0.2) is 0 Å². The third kappa shape index (κ3) is 17.4. The molecular formula is C67H134N10. The van der Waals surface area contributed by atoms with Crippen LogP contribution < -0.4 is 0 Å². The standard InChI is InChI=1S/C15H30N2.2C14H28N2.2C12H24N2/c1-13(2)17-11-9-15(10-12-17)7-5-14(6-8-15)16(3)4;1-13(2,3)16-8-6-14(7-9-16)10-12(11-14)15(4)5;1-13(2,3)16-10-14(11-16)8-6-12(7-9-14)15(4)5;1-11(2,3)14-8-12(9-14)6-10(7-12)13(4)5;1-11(2,3)14-7-5-12(6-8-14)9-13(4)10-12/h13-14H,5-12H2,1-4H3;2*12H,6-11H2,1-5H3;10H,6-9H2,1-5H3;5-10H2,1-4H3. The lowest BCUT2D eigenvalue weighted by molar-refractivity contribution is -0.133.